The second-order valence-corrected chi connectivity index (χ2v) is 6.74. The van der Waals surface area contributed by atoms with E-state index >= 15 is 0 Å². The lowest BCUT2D eigenvalue weighted by atomic mass is 10.1. The molecule has 1 fully saturated rings. The van der Waals surface area contributed by atoms with Gasteiger partial charge in [0.05, 0.1) is 4.90 Å². The number of carboxylic acids is 1. The lowest BCUT2D eigenvalue weighted by Gasteiger charge is -2.31. The summed E-state index contributed by atoms with van der Waals surface area (Å²) in [5, 5.41) is 9.17. The predicted molar refractivity (Wildman–Crippen MR) is 74.1 cm³/mol. The first-order chi connectivity index (χ1) is 9.84. The number of carboxylic acid groups (broad SMARTS) is 1. The molecule has 0 aliphatic carbocycles. The fraction of sp³-hybridized carbons (Fsp3) is 0.385. The Morgan fingerprint density at radius 3 is 2.33 bits per heavy atom. The molecule has 1 aliphatic heterocycles. The van der Waals surface area contributed by atoms with Crippen LogP contribution in [-0.4, -0.2) is 42.3 Å². The summed E-state index contributed by atoms with van der Waals surface area (Å²) < 4.78 is 26.1. The summed E-state index contributed by atoms with van der Waals surface area (Å²) in [6.07, 6.45) is 1.61. The fourth-order valence-corrected chi connectivity index (χ4v) is 4.02. The van der Waals surface area contributed by atoms with Crippen molar-refractivity contribution in [2.24, 2.45) is 5.73 Å². The van der Waals surface area contributed by atoms with Crippen molar-refractivity contribution in [3.05, 3.63) is 29.8 Å². The van der Waals surface area contributed by atoms with Crippen LogP contribution in [0.15, 0.2) is 29.2 Å². The molecule has 1 aromatic rings. The number of hydrogen-bond donors (Lipinski definition) is 2. The van der Waals surface area contributed by atoms with Crippen molar-refractivity contribution < 1.29 is 23.1 Å². The van der Waals surface area contributed by atoms with Gasteiger partial charge in [0.25, 0.3) is 0 Å². The molecule has 7 nitrogen and oxygen atoms in total. The third kappa shape index (κ3) is 3.06. The monoisotopic (exact) mass is 312 g/mol. The van der Waals surface area contributed by atoms with Gasteiger partial charge in [-0.2, -0.15) is 4.31 Å². The number of sulfonamides is 1. The Balaban J connectivity index is 2.35. The lowest BCUT2D eigenvalue weighted by Crippen LogP contribution is -2.47. The molecule has 8 heteroatoms. The quantitative estimate of drug-likeness (QED) is 0.835. The molecule has 0 bridgehead atoms. The van der Waals surface area contributed by atoms with Crippen LogP contribution in [0.3, 0.4) is 0 Å². The Bertz CT molecular complexity index is 654. The number of rotatable bonds is 4. The van der Waals surface area contributed by atoms with E-state index in [9.17, 15) is 18.0 Å². The highest BCUT2D eigenvalue weighted by molar-refractivity contribution is 7.89. The molecule has 1 aromatic carbocycles. The first-order valence-corrected chi connectivity index (χ1v) is 7.92. The molecular weight excluding hydrogens is 296 g/mol. The van der Waals surface area contributed by atoms with E-state index in [1.165, 1.54) is 24.3 Å². The number of primary amides is 1. The van der Waals surface area contributed by atoms with Gasteiger partial charge in [-0.05, 0) is 43.5 Å². The lowest BCUT2D eigenvalue weighted by molar-refractivity contribution is -0.142. The van der Waals surface area contributed by atoms with Gasteiger partial charge in [-0.1, -0.05) is 0 Å². The van der Waals surface area contributed by atoms with Gasteiger partial charge in [0, 0.05) is 12.1 Å². The first-order valence-electron chi connectivity index (χ1n) is 6.48. The molecule has 114 valence electrons. The van der Waals surface area contributed by atoms with Crippen LogP contribution in [-0.2, 0) is 14.8 Å². The Labute approximate surface area is 122 Å². The molecular formula is C13H16N2O5S. The highest BCUT2D eigenvalue weighted by Gasteiger charge is 2.37. The minimum absolute atomic E-state index is 0.0411. The molecule has 1 saturated heterocycles. The van der Waals surface area contributed by atoms with Crippen molar-refractivity contribution in [3.8, 4) is 0 Å². The number of piperidine rings is 1. The maximum atomic E-state index is 12.5. The van der Waals surface area contributed by atoms with Crippen LogP contribution < -0.4 is 5.73 Å². The van der Waals surface area contributed by atoms with E-state index in [2.05, 4.69) is 0 Å². The topological polar surface area (TPSA) is 118 Å². The Kier molecular flexibility index (Phi) is 4.29. The third-order valence-corrected chi connectivity index (χ3v) is 5.41. The molecule has 0 radical (unpaired) electrons. The number of carbonyl (C=O) groups excluding carboxylic acids is 1. The van der Waals surface area contributed by atoms with Gasteiger partial charge in [-0.15, -0.1) is 0 Å². The number of nitrogens with zero attached hydrogens (tertiary/aromatic N) is 1. The zero-order valence-electron chi connectivity index (χ0n) is 11.2. The van der Waals surface area contributed by atoms with Crippen LogP contribution in [0.4, 0.5) is 0 Å². The summed E-state index contributed by atoms with van der Waals surface area (Å²) in [7, 11) is -3.90. The van der Waals surface area contributed by atoms with Gasteiger partial charge >= 0.3 is 5.97 Å². The summed E-state index contributed by atoms with van der Waals surface area (Å²) in [5.74, 6) is -1.80. The second kappa shape index (κ2) is 5.82. The molecule has 2 rings (SSSR count). The van der Waals surface area contributed by atoms with Gasteiger partial charge in [-0.3, -0.25) is 9.59 Å². The normalized spacial score (nSPS) is 20.1. The number of aliphatic carboxylic acids is 1. The molecule has 21 heavy (non-hydrogen) atoms. The molecule has 1 heterocycles. The highest BCUT2D eigenvalue weighted by Crippen LogP contribution is 2.25. The Morgan fingerprint density at radius 2 is 1.81 bits per heavy atom. The van der Waals surface area contributed by atoms with E-state index in [4.69, 9.17) is 10.8 Å². The van der Waals surface area contributed by atoms with E-state index in [1.807, 2.05) is 0 Å². The van der Waals surface area contributed by atoms with Crippen LogP contribution in [0.2, 0.25) is 0 Å². The van der Waals surface area contributed by atoms with Crippen molar-refractivity contribution in [3.63, 3.8) is 0 Å². The zero-order valence-corrected chi connectivity index (χ0v) is 12.0. The molecule has 1 atom stereocenters. The zero-order chi connectivity index (χ0) is 15.6. The standard InChI is InChI=1S/C13H16N2O5S/c14-12(16)9-4-6-10(7-5-9)21(19,20)15-8-2-1-3-11(15)13(17)18/h4-7,11H,1-3,8H2,(H2,14,16)(H,17,18). The van der Waals surface area contributed by atoms with Crippen molar-refractivity contribution >= 4 is 21.9 Å². The number of carbonyl (C=O) groups is 2. The molecule has 0 saturated carbocycles. The molecule has 1 unspecified atom stereocenters. The van der Waals surface area contributed by atoms with Crippen LogP contribution in [0, 0.1) is 0 Å². The average molecular weight is 312 g/mol. The van der Waals surface area contributed by atoms with E-state index in [0.717, 1.165) is 4.31 Å². The number of nitrogens with two attached hydrogens (primary N) is 1. The summed E-state index contributed by atoms with van der Waals surface area (Å²) in [6, 6.07) is 4.12. The Hall–Kier alpha value is -1.93. The van der Waals surface area contributed by atoms with E-state index in [1.54, 1.807) is 0 Å². The molecule has 3 N–H and O–H groups in total. The number of hydrogen-bond acceptors (Lipinski definition) is 4. The van der Waals surface area contributed by atoms with Crippen molar-refractivity contribution in [2.45, 2.75) is 30.2 Å². The van der Waals surface area contributed by atoms with Gasteiger partial charge in [0.15, 0.2) is 0 Å². The highest BCUT2D eigenvalue weighted by atomic mass is 32.2. The molecule has 0 spiro atoms. The molecule has 1 amide bonds. The minimum Gasteiger partial charge on any atom is -0.480 e. The van der Waals surface area contributed by atoms with Crippen molar-refractivity contribution in [1.82, 2.24) is 4.31 Å². The largest absolute Gasteiger partial charge is 0.480 e. The van der Waals surface area contributed by atoms with Gasteiger partial charge in [0.2, 0.25) is 15.9 Å². The van der Waals surface area contributed by atoms with Crippen molar-refractivity contribution in [2.75, 3.05) is 6.54 Å². The minimum atomic E-state index is -3.90. The fourth-order valence-electron chi connectivity index (χ4n) is 2.37. The van der Waals surface area contributed by atoms with Crippen LogP contribution in [0.1, 0.15) is 29.6 Å². The summed E-state index contributed by atoms with van der Waals surface area (Å²) in [5.41, 5.74) is 5.30. The third-order valence-electron chi connectivity index (χ3n) is 3.48. The van der Waals surface area contributed by atoms with Gasteiger partial charge in [-0.25, -0.2) is 8.42 Å². The van der Waals surface area contributed by atoms with E-state index in [-0.39, 0.29) is 17.0 Å². The molecule has 1 aliphatic rings. The number of benzene rings is 1. The maximum absolute atomic E-state index is 12.5. The average Bonchev–Trinajstić information content (AvgIpc) is 2.47. The second-order valence-electron chi connectivity index (χ2n) is 4.85. The van der Waals surface area contributed by atoms with Crippen molar-refractivity contribution in [1.29, 1.82) is 0 Å². The van der Waals surface area contributed by atoms with Gasteiger partial charge in [0.1, 0.15) is 6.04 Å². The predicted octanol–water partition coefficient (Wildman–Crippen LogP) is 0.413. The van der Waals surface area contributed by atoms with E-state index in [0.29, 0.717) is 19.3 Å². The summed E-state index contributed by atoms with van der Waals surface area (Å²) >= 11 is 0. The van der Waals surface area contributed by atoms with Crippen LogP contribution in [0.25, 0.3) is 0 Å². The Morgan fingerprint density at radius 1 is 1.19 bits per heavy atom. The SMILES string of the molecule is NC(=O)c1ccc(S(=O)(=O)N2CCCCC2C(=O)O)cc1. The maximum Gasteiger partial charge on any atom is 0.322 e. The smallest absolute Gasteiger partial charge is 0.322 e. The van der Waals surface area contributed by atoms with Crippen LogP contribution in [0.5, 0.6) is 0 Å². The summed E-state index contributed by atoms with van der Waals surface area (Å²) in [4.78, 5) is 22.2. The first kappa shape index (κ1) is 15.5. The van der Waals surface area contributed by atoms with Crippen LogP contribution >= 0.6 is 0 Å². The summed E-state index contributed by atoms with van der Waals surface area (Å²) in [6.45, 7) is 0.177. The number of amides is 1. The van der Waals surface area contributed by atoms with E-state index < -0.39 is 27.9 Å². The molecule has 0 aromatic heterocycles. The van der Waals surface area contributed by atoms with Gasteiger partial charge < -0.3 is 10.8 Å².